The highest BCUT2D eigenvalue weighted by atomic mass is 16.4. The lowest BCUT2D eigenvalue weighted by atomic mass is 9.94. The van der Waals surface area contributed by atoms with E-state index in [1.165, 1.54) is 24.1 Å². The Morgan fingerprint density at radius 1 is 1.15 bits per heavy atom. The number of carbonyl (C=O) groups is 1. The van der Waals surface area contributed by atoms with Gasteiger partial charge in [-0.15, -0.1) is 0 Å². The molecule has 1 aliphatic rings. The van der Waals surface area contributed by atoms with Gasteiger partial charge in [0.2, 0.25) is 0 Å². The molecule has 4 rings (SSSR count). The Hall–Kier alpha value is -2.92. The molecule has 1 atom stereocenters. The number of nitrogens with one attached hydrogen (secondary N) is 1. The highest BCUT2D eigenvalue weighted by Crippen LogP contribution is 2.27. The fraction of sp³-hybridized carbons (Fsp3) is 0.273. The van der Waals surface area contributed by atoms with Gasteiger partial charge in [-0.1, -0.05) is 42.5 Å². The second-order valence-corrected chi connectivity index (χ2v) is 7.13. The summed E-state index contributed by atoms with van der Waals surface area (Å²) >= 11 is 0. The molecular formula is C22H23N3O2. The van der Waals surface area contributed by atoms with Gasteiger partial charge in [-0.2, -0.15) is 5.10 Å². The highest BCUT2D eigenvalue weighted by Gasteiger charge is 2.22. The van der Waals surface area contributed by atoms with E-state index in [0.29, 0.717) is 11.5 Å². The average Bonchev–Trinajstić information content (AvgIpc) is 3.24. The van der Waals surface area contributed by atoms with Crippen LogP contribution >= 0.6 is 0 Å². The van der Waals surface area contributed by atoms with Gasteiger partial charge >= 0.3 is 5.97 Å². The molecule has 2 aromatic carbocycles. The van der Waals surface area contributed by atoms with Crippen molar-refractivity contribution < 1.29 is 9.90 Å². The summed E-state index contributed by atoms with van der Waals surface area (Å²) in [6.45, 7) is 3.05. The smallest absolute Gasteiger partial charge is 0.336 e. The predicted molar refractivity (Wildman–Crippen MR) is 105 cm³/mol. The Morgan fingerprint density at radius 2 is 1.96 bits per heavy atom. The molecule has 0 aliphatic carbocycles. The maximum absolute atomic E-state index is 11.4. The van der Waals surface area contributed by atoms with Gasteiger partial charge in [0.25, 0.3) is 0 Å². The quantitative estimate of drug-likeness (QED) is 0.716. The van der Waals surface area contributed by atoms with Gasteiger partial charge in [0.15, 0.2) is 0 Å². The van der Waals surface area contributed by atoms with Crippen molar-refractivity contribution in [1.29, 1.82) is 0 Å². The van der Waals surface area contributed by atoms with Crippen molar-refractivity contribution in [2.24, 2.45) is 0 Å². The number of H-pyrrole nitrogens is 1. The molecule has 0 bridgehead atoms. The second kappa shape index (κ2) is 7.76. The molecule has 3 aromatic rings. The molecule has 0 saturated carbocycles. The first-order valence-corrected chi connectivity index (χ1v) is 9.34. The van der Waals surface area contributed by atoms with Crippen LogP contribution in [-0.2, 0) is 6.54 Å². The minimum Gasteiger partial charge on any atom is -0.478 e. The molecule has 0 unspecified atom stereocenters. The van der Waals surface area contributed by atoms with E-state index in [-0.39, 0.29) is 0 Å². The van der Waals surface area contributed by atoms with E-state index in [1.807, 2.05) is 30.5 Å². The number of nitrogens with zero attached hydrogens (tertiary/aromatic N) is 2. The number of carboxylic acids is 1. The van der Waals surface area contributed by atoms with Crippen molar-refractivity contribution in [1.82, 2.24) is 15.1 Å². The summed E-state index contributed by atoms with van der Waals surface area (Å²) in [5, 5.41) is 16.6. The molecule has 0 spiro atoms. The Labute approximate surface area is 158 Å². The molecule has 2 N–H and O–H groups in total. The van der Waals surface area contributed by atoms with E-state index in [1.54, 1.807) is 12.1 Å². The molecule has 0 radical (unpaired) electrons. The largest absolute Gasteiger partial charge is 0.478 e. The molecule has 0 amide bonds. The van der Waals surface area contributed by atoms with Crippen LogP contribution < -0.4 is 0 Å². The third-order valence-corrected chi connectivity index (χ3v) is 5.30. The van der Waals surface area contributed by atoms with Crippen LogP contribution in [0.15, 0.2) is 60.8 Å². The zero-order valence-corrected chi connectivity index (χ0v) is 15.1. The molecule has 1 fully saturated rings. The van der Waals surface area contributed by atoms with Crippen LogP contribution in [-0.4, -0.2) is 39.3 Å². The molecule has 5 nitrogen and oxygen atoms in total. The van der Waals surface area contributed by atoms with Crippen LogP contribution in [0.2, 0.25) is 0 Å². The van der Waals surface area contributed by atoms with Crippen LogP contribution in [0.1, 0.15) is 40.4 Å². The Bertz CT molecular complexity index is 904. The fourth-order valence-corrected chi connectivity index (χ4v) is 3.92. The first-order valence-electron chi connectivity index (χ1n) is 9.34. The molecular weight excluding hydrogens is 338 g/mol. The number of aromatic carboxylic acids is 1. The Kier molecular flexibility index (Phi) is 5.03. The molecule has 1 aromatic heterocycles. The van der Waals surface area contributed by atoms with Crippen molar-refractivity contribution in [3.8, 4) is 11.1 Å². The minimum atomic E-state index is -0.896. The van der Waals surface area contributed by atoms with Gasteiger partial charge < -0.3 is 5.11 Å². The molecule has 138 valence electrons. The average molecular weight is 361 g/mol. The lowest BCUT2D eigenvalue weighted by molar-refractivity contribution is 0.0697. The summed E-state index contributed by atoms with van der Waals surface area (Å²) in [5.41, 5.74) is 4.50. The maximum atomic E-state index is 11.4. The number of benzene rings is 2. The third-order valence-electron chi connectivity index (χ3n) is 5.30. The summed E-state index contributed by atoms with van der Waals surface area (Å²) < 4.78 is 0. The SMILES string of the molecule is O=C(O)c1ccccc1-c1ccc(CN2CCC[C@H](c3ccn[nH]3)C2)cc1. The van der Waals surface area contributed by atoms with Crippen LogP contribution in [0, 0.1) is 0 Å². The lowest BCUT2D eigenvalue weighted by Gasteiger charge is -2.32. The van der Waals surface area contributed by atoms with Gasteiger partial charge in [-0.3, -0.25) is 10.00 Å². The van der Waals surface area contributed by atoms with E-state index >= 15 is 0 Å². The summed E-state index contributed by atoms with van der Waals surface area (Å²) in [4.78, 5) is 13.9. The molecule has 1 saturated heterocycles. The molecule has 27 heavy (non-hydrogen) atoms. The fourth-order valence-electron chi connectivity index (χ4n) is 3.92. The monoisotopic (exact) mass is 361 g/mol. The molecule has 5 heteroatoms. The normalized spacial score (nSPS) is 17.7. The number of piperidine rings is 1. The van der Waals surface area contributed by atoms with Crippen LogP contribution in [0.4, 0.5) is 0 Å². The van der Waals surface area contributed by atoms with Gasteiger partial charge in [-0.05, 0) is 48.2 Å². The van der Waals surface area contributed by atoms with Crippen LogP contribution in [0.5, 0.6) is 0 Å². The number of aromatic nitrogens is 2. The number of aromatic amines is 1. The highest BCUT2D eigenvalue weighted by molar-refractivity contribution is 5.95. The summed E-state index contributed by atoms with van der Waals surface area (Å²) in [7, 11) is 0. The minimum absolute atomic E-state index is 0.337. The van der Waals surface area contributed by atoms with E-state index in [9.17, 15) is 9.90 Å². The zero-order chi connectivity index (χ0) is 18.6. The van der Waals surface area contributed by atoms with E-state index in [0.717, 1.165) is 30.8 Å². The summed E-state index contributed by atoms with van der Waals surface area (Å²) in [5.74, 6) is -0.379. The van der Waals surface area contributed by atoms with Gasteiger partial charge in [0, 0.05) is 30.9 Å². The van der Waals surface area contributed by atoms with Crippen LogP contribution in [0.25, 0.3) is 11.1 Å². The number of rotatable bonds is 5. The number of hydrogen-bond donors (Lipinski definition) is 2. The Morgan fingerprint density at radius 3 is 2.70 bits per heavy atom. The molecule has 2 heterocycles. The number of carboxylic acid groups (broad SMARTS) is 1. The van der Waals surface area contributed by atoms with Crippen molar-refractivity contribution in [2.45, 2.75) is 25.3 Å². The summed E-state index contributed by atoms with van der Waals surface area (Å²) in [6, 6.07) is 17.5. The summed E-state index contributed by atoms with van der Waals surface area (Å²) in [6.07, 6.45) is 4.21. The lowest BCUT2D eigenvalue weighted by Crippen LogP contribution is -2.34. The number of likely N-dealkylation sites (tertiary alicyclic amines) is 1. The van der Waals surface area contributed by atoms with Crippen molar-refractivity contribution in [2.75, 3.05) is 13.1 Å². The first-order chi connectivity index (χ1) is 13.2. The standard InChI is InChI=1S/C22H23N3O2/c26-22(27)20-6-2-1-5-19(20)17-9-7-16(8-10-17)14-25-13-3-4-18(15-25)21-11-12-23-24-21/h1-2,5-12,18H,3-4,13-15H2,(H,23,24)(H,26,27)/t18-/m0/s1. The molecule has 1 aliphatic heterocycles. The zero-order valence-electron chi connectivity index (χ0n) is 15.1. The van der Waals surface area contributed by atoms with Gasteiger partial charge in [0.1, 0.15) is 0 Å². The maximum Gasteiger partial charge on any atom is 0.336 e. The van der Waals surface area contributed by atoms with E-state index in [2.05, 4.69) is 33.3 Å². The van der Waals surface area contributed by atoms with Gasteiger partial charge in [0.05, 0.1) is 5.56 Å². The van der Waals surface area contributed by atoms with Crippen LogP contribution in [0.3, 0.4) is 0 Å². The van der Waals surface area contributed by atoms with E-state index in [4.69, 9.17) is 0 Å². The van der Waals surface area contributed by atoms with Crippen molar-refractivity contribution in [3.63, 3.8) is 0 Å². The second-order valence-electron chi connectivity index (χ2n) is 7.13. The van der Waals surface area contributed by atoms with E-state index < -0.39 is 5.97 Å². The predicted octanol–water partition coefficient (Wildman–Crippen LogP) is 4.15. The topological polar surface area (TPSA) is 69.2 Å². The number of hydrogen-bond acceptors (Lipinski definition) is 3. The third kappa shape index (κ3) is 3.93. The van der Waals surface area contributed by atoms with Crippen molar-refractivity contribution >= 4 is 5.97 Å². The first kappa shape index (κ1) is 17.5. The van der Waals surface area contributed by atoms with Gasteiger partial charge in [-0.25, -0.2) is 4.79 Å². The Balaban J connectivity index is 1.46. The van der Waals surface area contributed by atoms with Crippen molar-refractivity contribution in [3.05, 3.63) is 77.6 Å².